The number of hydrogen-bond donors (Lipinski definition) is 2. The second-order valence-corrected chi connectivity index (χ2v) is 4.02. The largest absolute Gasteiger partial charge is 0.508 e. The molecule has 2 aromatic carbocycles. The van der Waals surface area contributed by atoms with Crippen LogP contribution in [0.3, 0.4) is 0 Å². The molecule has 0 saturated carbocycles. The number of halogens is 2. The van der Waals surface area contributed by atoms with Gasteiger partial charge in [-0.05, 0) is 24.3 Å². The van der Waals surface area contributed by atoms with Crippen LogP contribution in [0.4, 0.5) is 10.1 Å². The zero-order valence-electron chi connectivity index (χ0n) is 8.95. The predicted molar refractivity (Wildman–Crippen MR) is 66.8 cm³/mol. The quantitative estimate of drug-likeness (QED) is 0.870. The topological polar surface area (TPSA) is 32.3 Å². The van der Waals surface area contributed by atoms with Gasteiger partial charge in [0.25, 0.3) is 0 Å². The van der Waals surface area contributed by atoms with Crippen molar-refractivity contribution in [1.82, 2.24) is 0 Å². The second kappa shape index (κ2) is 5.06. The Bertz CT molecular complexity index is 531. The maximum Gasteiger partial charge on any atom is 0.141 e. The number of para-hydroxylation sites is 1. The summed E-state index contributed by atoms with van der Waals surface area (Å²) in [5, 5.41) is 12.7. The fraction of sp³-hybridized carbons (Fsp3) is 0.0769. The lowest BCUT2D eigenvalue weighted by Crippen LogP contribution is -1.99. The summed E-state index contributed by atoms with van der Waals surface area (Å²) in [6, 6.07) is 11.4. The van der Waals surface area contributed by atoms with E-state index in [9.17, 15) is 9.50 Å². The van der Waals surface area contributed by atoms with Crippen molar-refractivity contribution in [3.05, 3.63) is 58.9 Å². The minimum absolute atomic E-state index is 0.0762. The van der Waals surface area contributed by atoms with Crippen LogP contribution in [0.25, 0.3) is 0 Å². The van der Waals surface area contributed by atoms with Gasteiger partial charge in [0, 0.05) is 17.8 Å². The Labute approximate surface area is 104 Å². The Hall–Kier alpha value is -1.74. The lowest BCUT2D eigenvalue weighted by atomic mass is 10.2. The maximum absolute atomic E-state index is 12.9. The lowest BCUT2D eigenvalue weighted by molar-refractivity contribution is 0.469. The van der Waals surface area contributed by atoms with Gasteiger partial charge in [-0.1, -0.05) is 29.8 Å². The number of benzene rings is 2. The summed E-state index contributed by atoms with van der Waals surface area (Å²) in [5.41, 5.74) is 1.48. The van der Waals surface area contributed by atoms with Gasteiger partial charge < -0.3 is 10.4 Å². The first-order valence-electron chi connectivity index (χ1n) is 5.12. The molecule has 2 rings (SSSR count). The SMILES string of the molecule is Oc1ccccc1CNc1ccc(F)c(Cl)c1. The van der Waals surface area contributed by atoms with Crippen molar-refractivity contribution in [3.63, 3.8) is 0 Å². The lowest BCUT2D eigenvalue weighted by Gasteiger charge is -2.08. The fourth-order valence-corrected chi connectivity index (χ4v) is 1.64. The molecule has 4 heteroatoms. The van der Waals surface area contributed by atoms with Gasteiger partial charge in [-0.15, -0.1) is 0 Å². The highest BCUT2D eigenvalue weighted by Crippen LogP contribution is 2.21. The van der Waals surface area contributed by atoms with Gasteiger partial charge in [-0.2, -0.15) is 0 Å². The van der Waals surface area contributed by atoms with Gasteiger partial charge in [0.1, 0.15) is 11.6 Å². The van der Waals surface area contributed by atoms with Gasteiger partial charge in [-0.3, -0.25) is 0 Å². The summed E-state index contributed by atoms with van der Waals surface area (Å²) in [5.74, 6) is -0.215. The van der Waals surface area contributed by atoms with Gasteiger partial charge in [-0.25, -0.2) is 4.39 Å². The monoisotopic (exact) mass is 251 g/mol. The number of phenolic OH excluding ortho intramolecular Hbond substituents is 1. The van der Waals surface area contributed by atoms with Crippen LogP contribution in [-0.4, -0.2) is 5.11 Å². The standard InChI is InChI=1S/C13H11ClFNO/c14-11-7-10(5-6-12(11)15)16-8-9-3-1-2-4-13(9)17/h1-7,16-17H,8H2. The molecule has 0 unspecified atom stereocenters. The minimum Gasteiger partial charge on any atom is -0.508 e. The van der Waals surface area contributed by atoms with Crippen LogP contribution in [0.5, 0.6) is 5.75 Å². The first-order chi connectivity index (χ1) is 8.16. The van der Waals surface area contributed by atoms with E-state index in [4.69, 9.17) is 11.6 Å². The van der Waals surface area contributed by atoms with E-state index in [0.717, 1.165) is 5.56 Å². The fourth-order valence-electron chi connectivity index (χ4n) is 1.46. The molecule has 0 aliphatic heterocycles. The van der Waals surface area contributed by atoms with Crippen LogP contribution in [0.15, 0.2) is 42.5 Å². The molecule has 0 aliphatic rings. The average molecular weight is 252 g/mol. The van der Waals surface area contributed by atoms with Crippen LogP contribution in [0.2, 0.25) is 5.02 Å². The Kier molecular flexibility index (Phi) is 3.49. The first-order valence-corrected chi connectivity index (χ1v) is 5.50. The molecular weight excluding hydrogens is 241 g/mol. The number of phenols is 1. The van der Waals surface area contributed by atoms with E-state index in [-0.39, 0.29) is 10.8 Å². The maximum atomic E-state index is 12.9. The molecule has 0 atom stereocenters. The summed E-state index contributed by atoms with van der Waals surface area (Å²) < 4.78 is 12.9. The Morgan fingerprint density at radius 3 is 2.65 bits per heavy atom. The molecule has 0 saturated heterocycles. The van der Waals surface area contributed by atoms with Crippen molar-refractivity contribution in [2.24, 2.45) is 0 Å². The highest BCUT2D eigenvalue weighted by Gasteiger charge is 2.02. The molecule has 0 fully saturated rings. The number of nitrogens with one attached hydrogen (secondary N) is 1. The van der Waals surface area contributed by atoms with Crippen molar-refractivity contribution >= 4 is 17.3 Å². The molecule has 0 aromatic heterocycles. The Balaban J connectivity index is 2.08. The number of anilines is 1. The van der Waals surface area contributed by atoms with E-state index >= 15 is 0 Å². The van der Waals surface area contributed by atoms with Crippen molar-refractivity contribution in [2.45, 2.75) is 6.54 Å². The first kappa shape index (κ1) is 11.7. The predicted octanol–water partition coefficient (Wildman–Crippen LogP) is 3.80. The smallest absolute Gasteiger partial charge is 0.141 e. The molecule has 17 heavy (non-hydrogen) atoms. The summed E-state index contributed by atoms with van der Waals surface area (Å²) in [6.45, 7) is 0.453. The molecular formula is C13H11ClFNO. The molecule has 0 bridgehead atoms. The van der Waals surface area contributed by atoms with Crippen LogP contribution in [0, 0.1) is 5.82 Å². The van der Waals surface area contributed by atoms with Crippen molar-refractivity contribution in [2.75, 3.05) is 5.32 Å². The van der Waals surface area contributed by atoms with Crippen molar-refractivity contribution in [1.29, 1.82) is 0 Å². The van der Waals surface area contributed by atoms with Crippen molar-refractivity contribution < 1.29 is 9.50 Å². The van der Waals surface area contributed by atoms with E-state index in [2.05, 4.69) is 5.32 Å². The van der Waals surface area contributed by atoms with Gasteiger partial charge >= 0.3 is 0 Å². The Morgan fingerprint density at radius 1 is 1.18 bits per heavy atom. The molecule has 0 spiro atoms. The molecule has 0 aliphatic carbocycles. The summed E-state index contributed by atoms with van der Waals surface area (Å²) >= 11 is 5.66. The number of hydrogen-bond acceptors (Lipinski definition) is 2. The molecule has 88 valence electrons. The third kappa shape index (κ3) is 2.88. The molecule has 2 N–H and O–H groups in total. The molecule has 0 radical (unpaired) electrons. The van der Waals surface area contributed by atoms with Gasteiger partial charge in [0.05, 0.1) is 5.02 Å². The Morgan fingerprint density at radius 2 is 1.94 bits per heavy atom. The van der Waals surface area contributed by atoms with Crippen LogP contribution in [0.1, 0.15) is 5.56 Å². The van der Waals surface area contributed by atoms with E-state index < -0.39 is 5.82 Å². The zero-order chi connectivity index (χ0) is 12.3. The highest BCUT2D eigenvalue weighted by molar-refractivity contribution is 6.31. The molecule has 2 aromatic rings. The molecule has 0 amide bonds. The van der Waals surface area contributed by atoms with E-state index in [1.54, 1.807) is 18.2 Å². The highest BCUT2D eigenvalue weighted by atomic mass is 35.5. The molecule has 0 heterocycles. The summed E-state index contributed by atoms with van der Waals surface area (Å²) in [4.78, 5) is 0. The summed E-state index contributed by atoms with van der Waals surface area (Å²) in [7, 11) is 0. The minimum atomic E-state index is -0.445. The van der Waals surface area contributed by atoms with Crippen molar-refractivity contribution in [3.8, 4) is 5.75 Å². The summed E-state index contributed by atoms with van der Waals surface area (Å²) in [6.07, 6.45) is 0. The normalized spacial score (nSPS) is 10.2. The van der Waals surface area contributed by atoms with Gasteiger partial charge in [0.2, 0.25) is 0 Å². The van der Waals surface area contributed by atoms with E-state index in [1.165, 1.54) is 12.1 Å². The van der Waals surface area contributed by atoms with Crippen LogP contribution in [-0.2, 0) is 6.54 Å². The third-order valence-corrected chi connectivity index (χ3v) is 2.68. The van der Waals surface area contributed by atoms with Crippen LogP contribution >= 0.6 is 11.6 Å². The number of aromatic hydroxyl groups is 1. The number of rotatable bonds is 3. The third-order valence-electron chi connectivity index (χ3n) is 2.39. The van der Waals surface area contributed by atoms with E-state index in [1.807, 2.05) is 12.1 Å². The average Bonchev–Trinajstić information content (AvgIpc) is 2.32. The second-order valence-electron chi connectivity index (χ2n) is 3.61. The van der Waals surface area contributed by atoms with Crippen LogP contribution < -0.4 is 5.32 Å². The van der Waals surface area contributed by atoms with E-state index in [0.29, 0.717) is 12.2 Å². The van der Waals surface area contributed by atoms with Gasteiger partial charge in [0.15, 0.2) is 0 Å². The molecule has 2 nitrogen and oxygen atoms in total. The zero-order valence-corrected chi connectivity index (χ0v) is 9.71.